The minimum absolute atomic E-state index is 0.637. The molecule has 120 valence electrons. The number of hydrogen-bond acceptors (Lipinski definition) is 4. The number of aromatic nitrogens is 5. The third-order valence-corrected chi connectivity index (χ3v) is 4.98. The number of nitrogens with zero attached hydrogens (tertiary/aromatic N) is 5. The van der Waals surface area contributed by atoms with Gasteiger partial charge in [0.25, 0.3) is 0 Å². The Balaban J connectivity index is 1.85. The van der Waals surface area contributed by atoms with E-state index in [9.17, 15) is 0 Å². The highest BCUT2D eigenvalue weighted by atomic mass is 35.5. The molecule has 0 atom stereocenters. The number of aryl methyl sites for hydroxylation is 1. The second-order valence-corrected chi connectivity index (χ2v) is 6.59. The summed E-state index contributed by atoms with van der Waals surface area (Å²) >= 11 is 7.65. The Hall–Kier alpha value is -1.79. The minimum atomic E-state index is 0.637. The van der Waals surface area contributed by atoms with Crippen LogP contribution < -0.4 is 0 Å². The van der Waals surface area contributed by atoms with E-state index in [2.05, 4.69) is 51.8 Å². The van der Waals surface area contributed by atoms with Gasteiger partial charge in [0.15, 0.2) is 11.0 Å². The Morgan fingerprint density at radius 2 is 2.09 bits per heavy atom. The number of rotatable bonds is 5. The molecule has 23 heavy (non-hydrogen) atoms. The van der Waals surface area contributed by atoms with Crippen LogP contribution in [0.1, 0.15) is 18.3 Å². The third kappa shape index (κ3) is 3.28. The molecule has 0 saturated heterocycles. The number of benzene rings is 1. The van der Waals surface area contributed by atoms with Crippen molar-refractivity contribution in [2.24, 2.45) is 7.05 Å². The first-order valence-corrected chi connectivity index (χ1v) is 8.75. The molecule has 0 aliphatic carbocycles. The molecule has 1 aromatic carbocycles. The van der Waals surface area contributed by atoms with Gasteiger partial charge in [0.2, 0.25) is 0 Å². The average molecular weight is 348 g/mol. The fourth-order valence-corrected chi connectivity index (χ4v) is 3.51. The van der Waals surface area contributed by atoms with E-state index in [-0.39, 0.29) is 0 Å². The maximum Gasteiger partial charge on any atom is 0.191 e. The van der Waals surface area contributed by atoms with Gasteiger partial charge in [-0.1, -0.05) is 47.1 Å². The molecule has 0 amide bonds. The molecule has 2 aromatic heterocycles. The Morgan fingerprint density at radius 1 is 1.26 bits per heavy atom. The SMILES string of the molecule is CCn1c(SCc2ncc(Cl)n2C)nnc1-c1cccc(C)c1. The lowest BCUT2D eigenvalue weighted by molar-refractivity contribution is 0.686. The molecule has 0 aliphatic rings. The number of hydrogen-bond donors (Lipinski definition) is 0. The lowest BCUT2D eigenvalue weighted by Crippen LogP contribution is -2.01. The summed E-state index contributed by atoms with van der Waals surface area (Å²) < 4.78 is 4.01. The summed E-state index contributed by atoms with van der Waals surface area (Å²) in [7, 11) is 1.91. The van der Waals surface area contributed by atoms with Gasteiger partial charge in [-0.2, -0.15) is 0 Å². The van der Waals surface area contributed by atoms with Crippen LogP contribution in [0.3, 0.4) is 0 Å². The van der Waals surface area contributed by atoms with Crippen LogP contribution in [0.25, 0.3) is 11.4 Å². The van der Waals surface area contributed by atoms with Gasteiger partial charge in [0.05, 0.1) is 11.9 Å². The van der Waals surface area contributed by atoms with E-state index in [0.717, 1.165) is 28.9 Å². The van der Waals surface area contributed by atoms with E-state index in [1.54, 1.807) is 18.0 Å². The Morgan fingerprint density at radius 3 is 2.74 bits per heavy atom. The molecule has 0 radical (unpaired) electrons. The summed E-state index contributed by atoms with van der Waals surface area (Å²) in [5.74, 6) is 2.52. The van der Waals surface area contributed by atoms with Crippen molar-refractivity contribution in [3.05, 3.63) is 47.0 Å². The first-order valence-electron chi connectivity index (χ1n) is 7.39. The molecular formula is C16H18ClN5S. The lowest BCUT2D eigenvalue weighted by Gasteiger charge is -2.08. The highest BCUT2D eigenvalue weighted by Crippen LogP contribution is 2.27. The van der Waals surface area contributed by atoms with Crippen LogP contribution in [0, 0.1) is 6.92 Å². The van der Waals surface area contributed by atoms with E-state index in [1.807, 2.05) is 17.7 Å². The topological polar surface area (TPSA) is 48.5 Å². The van der Waals surface area contributed by atoms with Gasteiger partial charge < -0.3 is 9.13 Å². The summed E-state index contributed by atoms with van der Waals surface area (Å²) in [6.45, 7) is 5.00. The number of thioether (sulfide) groups is 1. The molecule has 0 fully saturated rings. The molecule has 0 unspecified atom stereocenters. The second-order valence-electron chi connectivity index (χ2n) is 5.26. The highest BCUT2D eigenvalue weighted by Gasteiger charge is 2.14. The van der Waals surface area contributed by atoms with Crippen molar-refractivity contribution in [2.75, 3.05) is 0 Å². The summed E-state index contributed by atoms with van der Waals surface area (Å²) in [6.07, 6.45) is 1.67. The van der Waals surface area contributed by atoms with E-state index < -0.39 is 0 Å². The van der Waals surface area contributed by atoms with Crippen molar-refractivity contribution in [3.8, 4) is 11.4 Å². The van der Waals surface area contributed by atoms with E-state index >= 15 is 0 Å². The molecule has 0 saturated carbocycles. The van der Waals surface area contributed by atoms with Crippen molar-refractivity contribution in [1.29, 1.82) is 0 Å². The van der Waals surface area contributed by atoms with E-state index in [1.165, 1.54) is 5.56 Å². The van der Waals surface area contributed by atoms with Crippen molar-refractivity contribution < 1.29 is 0 Å². The van der Waals surface area contributed by atoms with E-state index in [0.29, 0.717) is 10.9 Å². The lowest BCUT2D eigenvalue weighted by atomic mass is 10.1. The molecule has 3 rings (SSSR count). The van der Waals surface area contributed by atoms with Crippen LogP contribution in [0.4, 0.5) is 0 Å². The van der Waals surface area contributed by atoms with E-state index in [4.69, 9.17) is 11.6 Å². The fourth-order valence-electron chi connectivity index (χ4n) is 2.37. The predicted octanol–water partition coefficient (Wildman–Crippen LogP) is 3.95. The summed E-state index contributed by atoms with van der Waals surface area (Å²) in [5.41, 5.74) is 2.30. The quantitative estimate of drug-likeness (QED) is 0.656. The van der Waals surface area contributed by atoms with Gasteiger partial charge in [0, 0.05) is 19.2 Å². The predicted molar refractivity (Wildman–Crippen MR) is 93.6 cm³/mol. The van der Waals surface area contributed by atoms with Crippen molar-refractivity contribution >= 4 is 23.4 Å². The van der Waals surface area contributed by atoms with Crippen molar-refractivity contribution in [2.45, 2.75) is 31.3 Å². The van der Waals surface area contributed by atoms with Gasteiger partial charge in [-0.3, -0.25) is 0 Å². The normalized spacial score (nSPS) is 11.1. The summed E-state index contributed by atoms with van der Waals surface area (Å²) in [5, 5.41) is 10.3. The third-order valence-electron chi connectivity index (χ3n) is 3.67. The zero-order chi connectivity index (χ0) is 16.4. The number of imidazole rings is 1. The fraction of sp³-hybridized carbons (Fsp3) is 0.312. The van der Waals surface area contributed by atoms with Crippen LogP contribution in [-0.2, 0) is 19.3 Å². The molecule has 3 aromatic rings. The van der Waals surface area contributed by atoms with Crippen LogP contribution in [0.2, 0.25) is 5.15 Å². The van der Waals surface area contributed by atoms with Gasteiger partial charge in [-0.15, -0.1) is 10.2 Å². The van der Waals surface area contributed by atoms with Crippen LogP contribution in [-0.4, -0.2) is 24.3 Å². The molecular weight excluding hydrogens is 330 g/mol. The standard InChI is InChI=1S/C16H18ClN5S/c1-4-22-15(12-7-5-6-11(2)8-12)19-20-16(22)23-10-14-18-9-13(17)21(14)3/h5-9H,4,10H2,1-3H3. The van der Waals surface area contributed by atoms with Crippen molar-refractivity contribution in [1.82, 2.24) is 24.3 Å². The molecule has 5 nitrogen and oxygen atoms in total. The van der Waals surface area contributed by atoms with Gasteiger partial charge in [-0.05, 0) is 19.9 Å². The maximum absolute atomic E-state index is 6.03. The Labute approximate surface area is 144 Å². The van der Waals surface area contributed by atoms with Gasteiger partial charge >= 0.3 is 0 Å². The zero-order valence-electron chi connectivity index (χ0n) is 13.3. The second kappa shape index (κ2) is 6.76. The smallest absolute Gasteiger partial charge is 0.191 e. The van der Waals surface area contributed by atoms with Crippen LogP contribution in [0.15, 0.2) is 35.6 Å². The largest absolute Gasteiger partial charge is 0.322 e. The molecule has 0 spiro atoms. The molecule has 0 bridgehead atoms. The zero-order valence-corrected chi connectivity index (χ0v) is 14.9. The van der Waals surface area contributed by atoms with Crippen LogP contribution >= 0.6 is 23.4 Å². The minimum Gasteiger partial charge on any atom is -0.322 e. The Kier molecular flexibility index (Phi) is 4.73. The summed E-state index contributed by atoms with van der Waals surface area (Å²) in [6, 6.07) is 8.32. The maximum atomic E-state index is 6.03. The molecule has 0 aliphatic heterocycles. The van der Waals surface area contributed by atoms with Gasteiger partial charge in [0.1, 0.15) is 11.0 Å². The molecule has 7 heteroatoms. The molecule has 2 heterocycles. The molecule has 0 N–H and O–H groups in total. The first-order chi connectivity index (χ1) is 11.1. The first kappa shape index (κ1) is 16.1. The Bertz CT molecular complexity index is 824. The average Bonchev–Trinajstić information content (AvgIpc) is 3.10. The van der Waals surface area contributed by atoms with Crippen molar-refractivity contribution in [3.63, 3.8) is 0 Å². The highest BCUT2D eigenvalue weighted by molar-refractivity contribution is 7.98. The summed E-state index contributed by atoms with van der Waals surface area (Å²) in [4.78, 5) is 4.32. The van der Waals surface area contributed by atoms with Gasteiger partial charge in [-0.25, -0.2) is 4.98 Å². The number of halogens is 1. The van der Waals surface area contributed by atoms with Crippen LogP contribution in [0.5, 0.6) is 0 Å². The monoisotopic (exact) mass is 347 g/mol.